The molecule has 0 N–H and O–H groups in total. The van der Waals surface area contributed by atoms with Crippen molar-refractivity contribution >= 4 is 23.9 Å². The molecule has 2 rings (SSSR count). The van der Waals surface area contributed by atoms with Crippen molar-refractivity contribution in [2.45, 2.75) is 6.04 Å². The molecule has 2 aliphatic heterocycles. The van der Waals surface area contributed by atoms with E-state index >= 15 is 0 Å². The molecular weight excluding hydrogens is 346 g/mol. The van der Waals surface area contributed by atoms with Gasteiger partial charge >= 0.3 is 23.9 Å². The van der Waals surface area contributed by atoms with Gasteiger partial charge in [0.05, 0.1) is 45.6 Å². The number of ether oxygens (including phenoxy) is 4. The van der Waals surface area contributed by atoms with Gasteiger partial charge in [-0.05, 0) is 6.08 Å². The Hall–Kier alpha value is -3.36. The van der Waals surface area contributed by atoms with Gasteiger partial charge in [-0.25, -0.2) is 19.2 Å². The fraction of sp³-hybridized carbons (Fsp3) is 0.294. The number of nitrogens with zero attached hydrogens (tertiary/aromatic N) is 1. The van der Waals surface area contributed by atoms with Gasteiger partial charge in [0.1, 0.15) is 11.3 Å². The molecule has 0 unspecified atom stereocenters. The lowest BCUT2D eigenvalue weighted by atomic mass is 9.86. The van der Waals surface area contributed by atoms with E-state index in [0.29, 0.717) is 0 Å². The molecule has 138 valence electrons. The number of methoxy groups -OCH3 is 4. The van der Waals surface area contributed by atoms with Gasteiger partial charge < -0.3 is 23.8 Å². The van der Waals surface area contributed by atoms with Crippen LogP contribution in [0.25, 0.3) is 0 Å². The van der Waals surface area contributed by atoms with E-state index in [0.717, 1.165) is 28.4 Å². The Labute approximate surface area is 149 Å². The summed E-state index contributed by atoms with van der Waals surface area (Å²) in [7, 11) is 4.42. The van der Waals surface area contributed by atoms with Gasteiger partial charge in [0, 0.05) is 6.20 Å². The predicted molar refractivity (Wildman–Crippen MR) is 86.0 cm³/mol. The monoisotopic (exact) mass is 363 g/mol. The highest BCUT2D eigenvalue weighted by Gasteiger charge is 2.45. The summed E-state index contributed by atoms with van der Waals surface area (Å²) in [6.07, 6.45) is 6.24. The van der Waals surface area contributed by atoms with Crippen LogP contribution < -0.4 is 0 Å². The van der Waals surface area contributed by atoms with E-state index in [4.69, 9.17) is 18.9 Å². The number of carbonyl (C=O) groups is 4. The standard InChI is InChI=1S/C17H17NO8/c1-23-14(19)10-9-7-5-6-8-18(9)13(17(22)26-4)12(16(21)25-3)11(10)15(20)24-2/h5-9H,1-4H3/t9-/m0/s1. The lowest BCUT2D eigenvalue weighted by Gasteiger charge is -2.37. The molecule has 0 saturated heterocycles. The maximum absolute atomic E-state index is 12.4. The molecule has 0 fully saturated rings. The summed E-state index contributed by atoms with van der Waals surface area (Å²) >= 11 is 0. The Bertz CT molecular complexity index is 721. The van der Waals surface area contributed by atoms with Crippen molar-refractivity contribution in [2.75, 3.05) is 28.4 Å². The SMILES string of the molecule is COC(=O)C1=C(C(=O)OC)[C@@H]2C=CC=CN2C(C(=O)OC)=C1C(=O)OC. The van der Waals surface area contributed by atoms with E-state index in [1.54, 1.807) is 18.2 Å². The molecule has 0 bridgehead atoms. The van der Waals surface area contributed by atoms with E-state index in [-0.39, 0.29) is 11.3 Å². The maximum Gasteiger partial charge on any atom is 0.355 e. The summed E-state index contributed by atoms with van der Waals surface area (Å²) in [5.41, 5.74) is -1.26. The number of hydrogen-bond acceptors (Lipinski definition) is 9. The van der Waals surface area contributed by atoms with Crippen LogP contribution in [0.1, 0.15) is 0 Å². The van der Waals surface area contributed by atoms with Crippen LogP contribution >= 0.6 is 0 Å². The molecular formula is C17H17NO8. The van der Waals surface area contributed by atoms with Crippen molar-refractivity contribution in [3.63, 3.8) is 0 Å². The van der Waals surface area contributed by atoms with Crippen LogP contribution in [0.4, 0.5) is 0 Å². The molecule has 0 aromatic heterocycles. The number of hydrogen-bond donors (Lipinski definition) is 0. The van der Waals surface area contributed by atoms with Crippen LogP contribution in [-0.2, 0) is 38.1 Å². The fourth-order valence-electron chi connectivity index (χ4n) is 2.73. The summed E-state index contributed by atoms with van der Waals surface area (Å²) in [6.45, 7) is 0. The zero-order valence-electron chi connectivity index (χ0n) is 14.6. The molecule has 2 aliphatic rings. The molecule has 0 spiro atoms. The summed E-state index contributed by atoms with van der Waals surface area (Å²) < 4.78 is 19.0. The quantitative estimate of drug-likeness (QED) is 0.503. The van der Waals surface area contributed by atoms with Gasteiger partial charge in [-0.15, -0.1) is 0 Å². The Morgan fingerprint density at radius 2 is 1.31 bits per heavy atom. The lowest BCUT2D eigenvalue weighted by Crippen LogP contribution is -2.44. The average molecular weight is 363 g/mol. The topological polar surface area (TPSA) is 108 Å². The second kappa shape index (κ2) is 7.68. The largest absolute Gasteiger partial charge is 0.466 e. The molecule has 0 saturated carbocycles. The van der Waals surface area contributed by atoms with E-state index in [2.05, 4.69) is 0 Å². The maximum atomic E-state index is 12.4. The Kier molecular flexibility index (Phi) is 5.61. The van der Waals surface area contributed by atoms with E-state index in [1.807, 2.05) is 0 Å². The normalized spacial score (nSPS) is 18.3. The smallest absolute Gasteiger partial charge is 0.355 e. The lowest BCUT2D eigenvalue weighted by molar-refractivity contribution is -0.143. The van der Waals surface area contributed by atoms with Crippen LogP contribution in [0.5, 0.6) is 0 Å². The fourth-order valence-corrected chi connectivity index (χ4v) is 2.73. The molecule has 26 heavy (non-hydrogen) atoms. The first-order valence-electron chi connectivity index (χ1n) is 7.38. The van der Waals surface area contributed by atoms with Crippen LogP contribution in [0.15, 0.2) is 46.8 Å². The first-order chi connectivity index (χ1) is 12.4. The molecule has 0 aromatic carbocycles. The number of allylic oxidation sites excluding steroid dienone is 2. The highest BCUT2D eigenvalue weighted by molar-refractivity contribution is 6.16. The van der Waals surface area contributed by atoms with Gasteiger partial charge in [0.15, 0.2) is 0 Å². The first-order valence-corrected chi connectivity index (χ1v) is 7.38. The molecule has 0 amide bonds. The van der Waals surface area contributed by atoms with Crippen LogP contribution in [-0.4, -0.2) is 63.3 Å². The number of rotatable bonds is 4. The van der Waals surface area contributed by atoms with Crippen molar-refractivity contribution in [3.8, 4) is 0 Å². The molecule has 9 heteroatoms. The third-order valence-electron chi connectivity index (χ3n) is 3.82. The first kappa shape index (κ1) is 19.0. The van der Waals surface area contributed by atoms with Crippen molar-refractivity contribution in [1.82, 2.24) is 4.90 Å². The summed E-state index contributed by atoms with van der Waals surface area (Å²) in [4.78, 5) is 50.9. The van der Waals surface area contributed by atoms with Crippen molar-refractivity contribution in [1.29, 1.82) is 0 Å². The molecule has 0 aromatic rings. The van der Waals surface area contributed by atoms with E-state index in [9.17, 15) is 19.2 Å². The number of fused-ring (bicyclic) bond motifs is 1. The Morgan fingerprint density at radius 3 is 1.85 bits per heavy atom. The molecule has 9 nitrogen and oxygen atoms in total. The highest BCUT2D eigenvalue weighted by Crippen LogP contribution is 2.37. The molecule has 2 heterocycles. The van der Waals surface area contributed by atoms with Gasteiger partial charge in [-0.3, -0.25) is 0 Å². The average Bonchev–Trinajstić information content (AvgIpc) is 2.69. The summed E-state index contributed by atoms with van der Waals surface area (Å²) in [5.74, 6) is -3.74. The van der Waals surface area contributed by atoms with Gasteiger partial charge in [-0.1, -0.05) is 12.2 Å². The predicted octanol–water partition coefficient (Wildman–Crippen LogP) is -0.00320. The Balaban J connectivity index is 2.94. The van der Waals surface area contributed by atoms with Gasteiger partial charge in [0.25, 0.3) is 0 Å². The van der Waals surface area contributed by atoms with E-state index in [1.165, 1.54) is 11.1 Å². The van der Waals surface area contributed by atoms with Crippen molar-refractivity contribution < 1.29 is 38.1 Å². The van der Waals surface area contributed by atoms with Crippen LogP contribution in [0.3, 0.4) is 0 Å². The highest BCUT2D eigenvalue weighted by atomic mass is 16.5. The molecule has 0 aliphatic carbocycles. The van der Waals surface area contributed by atoms with Crippen molar-refractivity contribution in [3.05, 3.63) is 46.8 Å². The minimum atomic E-state index is -1.01. The van der Waals surface area contributed by atoms with Gasteiger partial charge in [-0.2, -0.15) is 0 Å². The Morgan fingerprint density at radius 1 is 0.769 bits per heavy atom. The van der Waals surface area contributed by atoms with Gasteiger partial charge in [0.2, 0.25) is 0 Å². The molecule has 1 atom stereocenters. The summed E-state index contributed by atoms with van der Waals surface area (Å²) in [5, 5.41) is 0. The van der Waals surface area contributed by atoms with Crippen LogP contribution in [0.2, 0.25) is 0 Å². The third kappa shape index (κ3) is 2.99. The third-order valence-corrected chi connectivity index (χ3v) is 3.82. The summed E-state index contributed by atoms with van der Waals surface area (Å²) in [6, 6.07) is -0.871. The number of carbonyl (C=O) groups excluding carboxylic acids is 4. The van der Waals surface area contributed by atoms with Crippen LogP contribution in [0, 0.1) is 0 Å². The second-order valence-corrected chi connectivity index (χ2v) is 5.06. The van der Waals surface area contributed by atoms with E-state index < -0.39 is 41.1 Å². The van der Waals surface area contributed by atoms with Crippen molar-refractivity contribution in [2.24, 2.45) is 0 Å². The number of esters is 4. The molecule has 0 radical (unpaired) electrons. The zero-order chi connectivity index (χ0) is 19.4. The second-order valence-electron chi connectivity index (χ2n) is 5.06. The zero-order valence-corrected chi connectivity index (χ0v) is 14.6. The minimum absolute atomic E-state index is 0.159. The minimum Gasteiger partial charge on any atom is -0.466 e.